The molecular formula is C11H8ClFN4O. The van der Waals surface area contributed by atoms with Gasteiger partial charge in [0.05, 0.1) is 23.6 Å². The van der Waals surface area contributed by atoms with Crippen LogP contribution in [0, 0.1) is 5.82 Å². The topological polar surface area (TPSA) is 70.4 Å². The molecule has 0 fully saturated rings. The number of para-hydroxylation sites is 1. The van der Waals surface area contributed by atoms with Crippen LogP contribution in [0.25, 0.3) is 0 Å². The van der Waals surface area contributed by atoms with E-state index < -0.39 is 5.82 Å². The number of benzene rings is 1. The number of hydrogen-bond donors (Lipinski definition) is 2. The van der Waals surface area contributed by atoms with E-state index in [1.165, 1.54) is 6.21 Å². The third-order valence-corrected chi connectivity index (χ3v) is 2.31. The summed E-state index contributed by atoms with van der Waals surface area (Å²) >= 11 is 5.73. The summed E-state index contributed by atoms with van der Waals surface area (Å²) in [6.07, 6.45) is 3.39. The average Bonchev–Trinajstić information content (AvgIpc) is 2.37. The molecule has 1 aromatic carbocycles. The summed E-state index contributed by atoms with van der Waals surface area (Å²) < 4.78 is 12.5. The first-order chi connectivity index (χ1) is 8.66. The number of rotatable bonds is 3. The zero-order valence-corrected chi connectivity index (χ0v) is 9.76. The van der Waals surface area contributed by atoms with Crippen LogP contribution in [0.4, 0.5) is 10.3 Å². The predicted molar refractivity (Wildman–Crippen MR) is 66.3 cm³/mol. The Morgan fingerprint density at radius 3 is 2.78 bits per heavy atom. The highest BCUT2D eigenvalue weighted by atomic mass is 35.5. The highest BCUT2D eigenvalue weighted by Crippen LogP contribution is 2.25. The third kappa shape index (κ3) is 2.92. The fourth-order valence-corrected chi connectivity index (χ4v) is 1.35. The van der Waals surface area contributed by atoms with E-state index in [2.05, 4.69) is 20.5 Å². The van der Waals surface area contributed by atoms with Gasteiger partial charge in [0.2, 0.25) is 5.95 Å². The molecule has 7 heteroatoms. The van der Waals surface area contributed by atoms with Crippen LogP contribution >= 0.6 is 11.6 Å². The van der Waals surface area contributed by atoms with Gasteiger partial charge in [-0.25, -0.2) is 19.8 Å². The minimum absolute atomic E-state index is 0.0651. The van der Waals surface area contributed by atoms with Crippen LogP contribution in [0.3, 0.4) is 0 Å². The molecule has 1 heterocycles. The molecule has 0 radical (unpaired) electrons. The van der Waals surface area contributed by atoms with Crippen LogP contribution in [0.5, 0.6) is 5.75 Å². The van der Waals surface area contributed by atoms with E-state index >= 15 is 0 Å². The van der Waals surface area contributed by atoms with Crippen molar-refractivity contribution in [3.63, 3.8) is 0 Å². The van der Waals surface area contributed by atoms with Crippen LogP contribution in [-0.4, -0.2) is 21.3 Å². The Hall–Kier alpha value is -2.21. The number of aromatic nitrogens is 2. The molecule has 0 amide bonds. The van der Waals surface area contributed by atoms with E-state index in [-0.39, 0.29) is 16.7 Å². The number of hydrogen-bond acceptors (Lipinski definition) is 5. The van der Waals surface area contributed by atoms with Gasteiger partial charge in [-0.2, -0.15) is 5.10 Å². The molecule has 0 spiro atoms. The van der Waals surface area contributed by atoms with E-state index in [0.717, 1.165) is 12.4 Å². The smallest absolute Gasteiger partial charge is 0.243 e. The molecule has 2 aromatic rings. The van der Waals surface area contributed by atoms with Crippen LogP contribution < -0.4 is 5.43 Å². The lowest BCUT2D eigenvalue weighted by molar-refractivity contribution is 0.475. The minimum Gasteiger partial charge on any atom is -0.506 e. The van der Waals surface area contributed by atoms with Gasteiger partial charge in [-0.1, -0.05) is 17.7 Å². The molecule has 2 rings (SSSR count). The standard InChI is InChI=1S/C11H8ClFN4O/c12-9-3-1-2-7(10(9)18)4-16-17-11-14-5-8(13)6-15-11/h1-6,18H,(H,14,15,17)/b16-4+. The Kier molecular flexibility index (Phi) is 3.69. The zero-order chi connectivity index (χ0) is 13.0. The Morgan fingerprint density at radius 1 is 1.33 bits per heavy atom. The van der Waals surface area contributed by atoms with Crippen molar-refractivity contribution in [1.29, 1.82) is 0 Å². The molecule has 92 valence electrons. The summed E-state index contributed by atoms with van der Waals surface area (Å²) in [5.74, 6) is -0.448. The maximum Gasteiger partial charge on any atom is 0.243 e. The molecule has 0 atom stereocenters. The lowest BCUT2D eigenvalue weighted by Crippen LogP contribution is -1.97. The maximum absolute atomic E-state index is 12.5. The summed E-state index contributed by atoms with van der Waals surface area (Å²) in [6, 6.07) is 4.88. The summed E-state index contributed by atoms with van der Waals surface area (Å²) in [4.78, 5) is 7.30. The first-order valence-electron chi connectivity index (χ1n) is 4.91. The fraction of sp³-hybridized carbons (Fsp3) is 0. The van der Waals surface area contributed by atoms with Crippen LogP contribution in [0.1, 0.15) is 5.56 Å². The summed E-state index contributed by atoms with van der Waals surface area (Å²) in [5.41, 5.74) is 2.94. The number of hydrazone groups is 1. The van der Waals surface area contributed by atoms with Gasteiger partial charge in [0.15, 0.2) is 5.82 Å². The Morgan fingerprint density at radius 2 is 2.06 bits per heavy atom. The molecule has 0 aliphatic carbocycles. The second kappa shape index (κ2) is 5.42. The fourth-order valence-electron chi connectivity index (χ4n) is 1.17. The van der Waals surface area contributed by atoms with Crippen molar-refractivity contribution in [2.45, 2.75) is 0 Å². The minimum atomic E-state index is -0.531. The van der Waals surface area contributed by atoms with E-state index in [1.807, 2.05) is 0 Å². The van der Waals surface area contributed by atoms with Crippen molar-refractivity contribution in [2.75, 3.05) is 5.43 Å². The number of nitrogens with one attached hydrogen (secondary N) is 1. The van der Waals surface area contributed by atoms with Gasteiger partial charge in [0.25, 0.3) is 0 Å². The van der Waals surface area contributed by atoms with Crippen LogP contribution in [0.2, 0.25) is 5.02 Å². The Balaban J connectivity index is 2.07. The molecular weight excluding hydrogens is 259 g/mol. The van der Waals surface area contributed by atoms with Gasteiger partial charge < -0.3 is 5.11 Å². The average molecular weight is 267 g/mol. The number of anilines is 1. The first-order valence-corrected chi connectivity index (χ1v) is 5.28. The second-order valence-corrected chi connectivity index (χ2v) is 3.68. The molecule has 0 aliphatic rings. The number of halogens is 2. The highest BCUT2D eigenvalue weighted by Gasteiger charge is 2.02. The van der Waals surface area contributed by atoms with E-state index in [4.69, 9.17) is 11.6 Å². The van der Waals surface area contributed by atoms with E-state index in [0.29, 0.717) is 5.56 Å². The summed E-state index contributed by atoms with van der Waals surface area (Å²) in [7, 11) is 0. The van der Waals surface area contributed by atoms with Crippen molar-refractivity contribution in [2.24, 2.45) is 5.10 Å². The van der Waals surface area contributed by atoms with Crippen molar-refractivity contribution in [1.82, 2.24) is 9.97 Å². The van der Waals surface area contributed by atoms with E-state index in [9.17, 15) is 9.50 Å². The largest absolute Gasteiger partial charge is 0.506 e. The lowest BCUT2D eigenvalue weighted by atomic mass is 10.2. The van der Waals surface area contributed by atoms with Crippen molar-refractivity contribution in [3.8, 4) is 5.75 Å². The highest BCUT2D eigenvalue weighted by molar-refractivity contribution is 6.32. The number of nitrogens with zero attached hydrogens (tertiary/aromatic N) is 3. The molecule has 0 saturated carbocycles. The van der Waals surface area contributed by atoms with Gasteiger partial charge in [-0.15, -0.1) is 0 Å². The van der Waals surface area contributed by atoms with Crippen molar-refractivity contribution in [3.05, 3.63) is 47.0 Å². The first kappa shape index (κ1) is 12.3. The maximum atomic E-state index is 12.5. The molecule has 18 heavy (non-hydrogen) atoms. The van der Waals surface area contributed by atoms with Gasteiger partial charge in [0, 0.05) is 5.56 Å². The molecule has 0 bridgehead atoms. The van der Waals surface area contributed by atoms with Crippen LogP contribution in [-0.2, 0) is 0 Å². The molecule has 0 saturated heterocycles. The molecule has 1 aromatic heterocycles. The van der Waals surface area contributed by atoms with Gasteiger partial charge in [-0.3, -0.25) is 0 Å². The molecule has 2 N–H and O–H groups in total. The predicted octanol–water partition coefficient (Wildman–Crippen LogP) is 2.42. The SMILES string of the molecule is Oc1c(Cl)cccc1/C=N/Nc1ncc(F)cn1. The monoisotopic (exact) mass is 266 g/mol. The van der Waals surface area contributed by atoms with Gasteiger partial charge in [0.1, 0.15) is 5.75 Å². The summed E-state index contributed by atoms with van der Waals surface area (Å²) in [5, 5.41) is 13.6. The number of aromatic hydroxyl groups is 1. The van der Waals surface area contributed by atoms with Crippen molar-refractivity contribution >= 4 is 23.8 Å². The van der Waals surface area contributed by atoms with Gasteiger partial charge >= 0.3 is 0 Å². The lowest BCUT2D eigenvalue weighted by Gasteiger charge is -2.00. The molecule has 5 nitrogen and oxygen atoms in total. The van der Waals surface area contributed by atoms with E-state index in [1.54, 1.807) is 18.2 Å². The summed E-state index contributed by atoms with van der Waals surface area (Å²) in [6.45, 7) is 0. The molecule has 0 aliphatic heterocycles. The Labute approximate surface area is 107 Å². The van der Waals surface area contributed by atoms with Crippen LogP contribution in [0.15, 0.2) is 35.7 Å². The second-order valence-electron chi connectivity index (χ2n) is 3.27. The van der Waals surface area contributed by atoms with Gasteiger partial charge in [-0.05, 0) is 12.1 Å². The Bertz CT molecular complexity index is 574. The third-order valence-electron chi connectivity index (χ3n) is 2.01. The number of phenolic OH excluding ortho intramolecular Hbond substituents is 1. The van der Waals surface area contributed by atoms with Crippen molar-refractivity contribution < 1.29 is 9.50 Å². The molecule has 0 unspecified atom stereocenters. The quantitative estimate of drug-likeness (QED) is 0.661. The number of phenols is 1. The zero-order valence-electron chi connectivity index (χ0n) is 9.01. The normalized spacial score (nSPS) is 10.8.